The summed E-state index contributed by atoms with van der Waals surface area (Å²) in [6.45, 7) is 0.610. The van der Waals surface area contributed by atoms with Crippen LogP contribution in [0.2, 0.25) is 0 Å². The Morgan fingerprint density at radius 2 is 1.05 bits per heavy atom. The van der Waals surface area contributed by atoms with E-state index in [9.17, 15) is 0 Å². The van der Waals surface area contributed by atoms with Crippen molar-refractivity contribution in [3.05, 3.63) is 102 Å². The lowest BCUT2D eigenvalue weighted by atomic mass is 10.1. The van der Waals surface area contributed by atoms with Crippen molar-refractivity contribution in [2.45, 2.75) is 13.0 Å². The highest BCUT2D eigenvalue weighted by atomic mass is 16.5. The van der Waals surface area contributed by atoms with Gasteiger partial charge < -0.3 is 4.74 Å². The predicted octanol–water partition coefficient (Wildman–Crippen LogP) is 4.86. The molecule has 0 spiro atoms. The number of benzene rings is 3. The van der Waals surface area contributed by atoms with Crippen molar-refractivity contribution in [2.24, 2.45) is 0 Å². The molecule has 0 radical (unpaired) electrons. The molecule has 104 valence electrons. The molecule has 0 saturated carbocycles. The van der Waals surface area contributed by atoms with Crippen LogP contribution in [0.5, 0.6) is 5.75 Å². The third-order valence-corrected chi connectivity index (χ3v) is 3.42. The van der Waals surface area contributed by atoms with Gasteiger partial charge in [-0.25, -0.2) is 0 Å². The molecule has 3 rings (SSSR count). The molecule has 0 atom stereocenters. The average molecular weight is 274 g/mol. The summed E-state index contributed by atoms with van der Waals surface area (Å²) in [7, 11) is 0. The molecule has 0 aliphatic carbocycles. The van der Waals surface area contributed by atoms with Crippen LogP contribution in [0.15, 0.2) is 84.9 Å². The molecule has 0 bridgehead atoms. The van der Waals surface area contributed by atoms with Gasteiger partial charge in [-0.05, 0) is 35.2 Å². The van der Waals surface area contributed by atoms with Crippen LogP contribution >= 0.6 is 0 Å². The second kappa shape index (κ2) is 6.76. The molecule has 1 heteroatoms. The maximum absolute atomic E-state index is 5.80. The molecule has 0 N–H and O–H groups in total. The van der Waals surface area contributed by atoms with E-state index in [0.29, 0.717) is 6.61 Å². The predicted molar refractivity (Wildman–Crippen MR) is 86.5 cm³/mol. The molecule has 0 unspecified atom stereocenters. The lowest BCUT2D eigenvalue weighted by molar-refractivity contribution is 0.306. The molecule has 0 amide bonds. The fraction of sp³-hybridized carbons (Fsp3) is 0.100. The third kappa shape index (κ3) is 3.96. The van der Waals surface area contributed by atoms with Gasteiger partial charge in [-0.15, -0.1) is 0 Å². The van der Waals surface area contributed by atoms with Crippen LogP contribution in [-0.2, 0) is 13.0 Å². The molecule has 0 aliphatic heterocycles. The zero-order valence-corrected chi connectivity index (χ0v) is 11.9. The van der Waals surface area contributed by atoms with Gasteiger partial charge in [0.05, 0.1) is 0 Å². The van der Waals surface area contributed by atoms with E-state index in [1.165, 1.54) is 16.7 Å². The largest absolute Gasteiger partial charge is 0.489 e. The highest BCUT2D eigenvalue weighted by molar-refractivity contribution is 5.31. The number of ether oxygens (including phenoxy) is 1. The van der Waals surface area contributed by atoms with Gasteiger partial charge in [0.25, 0.3) is 0 Å². The molecule has 3 aromatic carbocycles. The van der Waals surface area contributed by atoms with E-state index >= 15 is 0 Å². The monoisotopic (exact) mass is 274 g/mol. The first-order valence-corrected chi connectivity index (χ1v) is 7.20. The van der Waals surface area contributed by atoms with Crippen LogP contribution in [-0.4, -0.2) is 0 Å². The summed E-state index contributed by atoms with van der Waals surface area (Å²) >= 11 is 0. The summed E-state index contributed by atoms with van der Waals surface area (Å²) in [4.78, 5) is 0. The van der Waals surface area contributed by atoms with E-state index in [-0.39, 0.29) is 0 Å². The first-order valence-electron chi connectivity index (χ1n) is 7.20. The lowest BCUT2D eigenvalue weighted by Crippen LogP contribution is -1.95. The van der Waals surface area contributed by atoms with Gasteiger partial charge in [0.2, 0.25) is 0 Å². The van der Waals surface area contributed by atoms with Gasteiger partial charge in [0.1, 0.15) is 12.4 Å². The van der Waals surface area contributed by atoms with Crippen molar-refractivity contribution in [1.29, 1.82) is 0 Å². The third-order valence-electron chi connectivity index (χ3n) is 3.42. The Bertz CT molecular complexity index is 657. The average Bonchev–Trinajstić information content (AvgIpc) is 2.56. The van der Waals surface area contributed by atoms with E-state index in [1.807, 2.05) is 36.4 Å². The Balaban J connectivity index is 1.59. The number of hydrogen-bond acceptors (Lipinski definition) is 1. The van der Waals surface area contributed by atoms with Crippen molar-refractivity contribution >= 4 is 0 Å². The van der Waals surface area contributed by atoms with Crippen molar-refractivity contribution in [3.63, 3.8) is 0 Å². The molecule has 0 saturated heterocycles. The molecule has 0 fully saturated rings. The molecule has 21 heavy (non-hydrogen) atoms. The second-order valence-electron chi connectivity index (χ2n) is 5.08. The summed E-state index contributed by atoms with van der Waals surface area (Å²) in [5.74, 6) is 0.913. The Hall–Kier alpha value is -2.54. The van der Waals surface area contributed by atoms with Crippen LogP contribution in [0, 0.1) is 0 Å². The van der Waals surface area contributed by atoms with Crippen LogP contribution in [0.4, 0.5) is 0 Å². The van der Waals surface area contributed by atoms with Crippen LogP contribution in [0.25, 0.3) is 0 Å². The Kier molecular flexibility index (Phi) is 4.33. The highest BCUT2D eigenvalue weighted by Gasteiger charge is 1.98. The minimum absolute atomic E-state index is 0.610. The first-order chi connectivity index (χ1) is 10.4. The molecule has 1 nitrogen and oxygen atoms in total. The zero-order valence-electron chi connectivity index (χ0n) is 11.9. The maximum Gasteiger partial charge on any atom is 0.119 e. The van der Waals surface area contributed by atoms with Crippen molar-refractivity contribution in [3.8, 4) is 5.75 Å². The summed E-state index contributed by atoms with van der Waals surface area (Å²) in [6.07, 6.45) is 0.958. The topological polar surface area (TPSA) is 9.23 Å². The summed E-state index contributed by atoms with van der Waals surface area (Å²) < 4.78 is 5.80. The Morgan fingerprint density at radius 3 is 1.67 bits per heavy atom. The van der Waals surface area contributed by atoms with Crippen molar-refractivity contribution in [1.82, 2.24) is 0 Å². The number of hydrogen-bond donors (Lipinski definition) is 0. The van der Waals surface area contributed by atoms with Gasteiger partial charge in [-0.1, -0.05) is 72.8 Å². The summed E-state index contributed by atoms with van der Waals surface area (Å²) in [5, 5.41) is 0. The molecule has 0 aromatic heterocycles. The standard InChI is InChI=1S/C20H18O/c1-3-7-17(8-4-1)15-18-11-13-20(14-12-18)21-16-19-9-5-2-6-10-19/h1-14H,15-16H2. The van der Waals surface area contributed by atoms with Crippen molar-refractivity contribution in [2.75, 3.05) is 0 Å². The zero-order chi connectivity index (χ0) is 14.3. The summed E-state index contributed by atoms with van der Waals surface area (Å²) in [6, 6.07) is 29.1. The quantitative estimate of drug-likeness (QED) is 0.646. The van der Waals surface area contributed by atoms with Gasteiger partial charge >= 0.3 is 0 Å². The Morgan fingerprint density at radius 1 is 0.524 bits per heavy atom. The van der Waals surface area contributed by atoms with E-state index < -0.39 is 0 Å². The molecule has 0 heterocycles. The smallest absolute Gasteiger partial charge is 0.119 e. The van der Waals surface area contributed by atoms with Crippen LogP contribution in [0.3, 0.4) is 0 Å². The molecular formula is C20H18O. The highest BCUT2D eigenvalue weighted by Crippen LogP contribution is 2.16. The SMILES string of the molecule is c1ccc(COc2ccc(Cc3ccccc3)cc2)cc1. The van der Waals surface area contributed by atoms with Gasteiger partial charge in [-0.3, -0.25) is 0 Å². The van der Waals surface area contributed by atoms with Crippen LogP contribution in [0.1, 0.15) is 16.7 Å². The lowest BCUT2D eigenvalue weighted by Gasteiger charge is -2.07. The Labute approximate surface area is 125 Å². The van der Waals surface area contributed by atoms with Gasteiger partial charge in [0, 0.05) is 0 Å². The molecule has 0 aliphatic rings. The number of rotatable bonds is 5. The van der Waals surface area contributed by atoms with E-state index in [0.717, 1.165) is 12.2 Å². The van der Waals surface area contributed by atoms with Crippen molar-refractivity contribution < 1.29 is 4.74 Å². The normalized spacial score (nSPS) is 10.3. The first kappa shape index (κ1) is 13.4. The van der Waals surface area contributed by atoms with E-state index in [4.69, 9.17) is 4.74 Å². The fourth-order valence-electron chi connectivity index (χ4n) is 2.28. The fourth-order valence-corrected chi connectivity index (χ4v) is 2.28. The second-order valence-corrected chi connectivity index (χ2v) is 5.08. The maximum atomic E-state index is 5.80. The van der Waals surface area contributed by atoms with Gasteiger partial charge in [-0.2, -0.15) is 0 Å². The van der Waals surface area contributed by atoms with Gasteiger partial charge in [0.15, 0.2) is 0 Å². The van der Waals surface area contributed by atoms with E-state index in [2.05, 4.69) is 48.5 Å². The molecular weight excluding hydrogens is 256 g/mol. The van der Waals surface area contributed by atoms with Crippen LogP contribution < -0.4 is 4.74 Å². The minimum Gasteiger partial charge on any atom is -0.489 e. The molecule has 3 aromatic rings. The van der Waals surface area contributed by atoms with E-state index in [1.54, 1.807) is 0 Å². The minimum atomic E-state index is 0.610. The summed E-state index contributed by atoms with van der Waals surface area (Å²) in [5.41, 5.74) is 3.81.